The topological polar surface area (TPSA) is 3.24 Å². The highest BCUT2D eigenvalue weighted by molar-refractivity contribution is 6.10. The molecule has 1 heteroatoms. The van der Waals surface area contributed by atoms with Crippen molar-refractivity contribution in [2.24, 2.45) is 0 Å². The smallest absolute Gasteiger partial charge is 0.0732 e. The third-order valence-corrected chi connectivity index (χ3v) is 16.1. The molecule has 0 saturated heterocycles. The van der Waals surface area contributed by atoms with Gasteiger partial charge in [0.25, 0.3) is 0 Å². The first kappa shape index (κ1) is 39.9. The Morgan fingerprint density at radius 2 is 0.690 bits per heavy atom. The fraction of sp³-hybridized carbons (Fsp3) is 0.0286. The Bertz CT molecular complexity index is 4070. The van der Waals surface area contributed by atoms with Gasteiger partial charge in [0.15, 0.2) is 0 Å². The fourth-order valence-electron chi connectivity index (χ4n) is 13.3. The lowest BCUT2D eigenvalue weighted by atomic mass is 9.60. The van der Waals surface area contributed by atoms with Gasteiger partial charge >= 0.3 is 0 Å². The van der Waals surface area contributed by atoms with Gasteiger partial charge in [-0.05, 0) is 147 Å². The summed E-state index contributed by atoms with van der Waals surface area (Å²) in [7, 11) is 0. The molecule has 1 spiro atoms. The highest BCUT2D eigenvalue weighted by Crippen LogP contribution is 2.64. The van der Waals surface area contributed by atoms with Gasteiger partial charge < -0.3 is 4.90 Å². The van der Waals surface area contributed by atoms with Crippen LogP contribution in [0, 0.1) is 0 Å². The van der Waals surface area contributed by atoms with Crippen molar-refractivity contribution in [3.8, 4) is 44.5 Å². The van der Waals surface area contributed by atoms with E-state index in [9.17, 15) is 0 Å². The molecule has 0 heterocycles. The van der Waals surface area contributed by atoms with E-state index in [2.05, 4.69) is 278 Å². The molecule has 12 aromatic rings. The maximum absolute atomic E-state index is 2.54. The van der Waals surface area contributed by atoms with Crippen molar-refractivity contribution in [3.63, 3.8) is 0 Å². The highest BCUT2D eigenvalue weighted by atomic mass is 15.1. The number of benzene rings is 12. The average molecular weight is 900 g/mol. The molecule has 3 aliphatic rings. The molecule has 0 aromatic heterocycles. The quantitative estimate of drug-likeness (QED) is 0.161. The van der Waals surface area contributed by atoms with Gasteiger partial charge in [-0.3, -0.25) is 0 Å². The van der Waals surface area contributed by atoms with E-state index in [1.54, 1.807) is 0 Å². The molecular weight excluding hydrogens is 855 g/mol. The third kappa shape index (κ3) is 5.46. The molecule has 1 atom stereocenters. The van der Waals surface area contributed by atoms with Crippen LogP contribution < -0.4 is 4.90 Å². The van der Waals surface area contributed by atoms with Crippen molar-refractivity contribution in [1.29, 1.82) is 0 Å². The lowest BCUT2D eigenvalue weighted by molar-refractivity contribution is 0.768. The molecule has 0 bridgehead atoms. The van der Waals surface area contributed by atoms with Crippen LogP contribution in [-0.2, 0) is 10.8 Å². The Balaban J connectivity index is 1.03. The second kappa shape index (κ2) is 15.2. The first-order valence-electron chi connectivity index (χ1n) is 24.8. The molecular formula is C70H45N. The lowest BCUT2D eigenvalue weighted by Gasteiger charge is -2.41. The second-order valence-corrected chi connectivity index (χ2v) is 19.5. The van der Waals surface area contributed by atoms with Gasteiger partial charge in [0.1, 0.15) is 0 Å². The minimum atomic E-state index is -0.630. The molecule has 0 N–H and O–H groups in total. The minimum absolute atomic E-state index is 0.491. The van der Waals surface area contributed by atoms with Crippen LogP contribution >= 0.6 is 0 Å². The summed E-state index contributed by atoms with van der Waals surface area (Å²) in [6.07, 6.45) is 0. The van der Waals surface area contributed by atoms with Gasteiger partial charge in [-0.2, -0.15) is 0 Å². The van der Waals surface area contributed by atoms with Gasteiger partial charge in [-0.25, -0.2) is 0 Å². The Morgan fingerprint density at radius 3 is 1.39 bits per heavy atom. The van der Waals surface area contributed by atoms with Crippen LogP contribution in [0.4, 0.5) is 17.1 Å². The summed E-state index contributed by atoms with van der Waals surface area (Å²) in [6.45, 7) is 0. The van der Waals surface area contributed by atoms with Crippen molar-refractivity contribution < 1.29 is 0 Å². The molecule has 330 valence electrons. The Morgan fingerprint density at radius 1 is 0.239 bits per heavy atom. The lowest BCUT2D eigenvalue weighted by Crippen LogP contribution is -2.32. The molecule has 12 aromatic carbocycles. The van der Waals surface area contributed by atoms with Gasteiger partial charge in [0.05, 0.1) is 10.8 Å². The van der Waals surface area contributed by atoms with Gasteiger partial charge in [0, 0.05) is 17.1 Å². The first-order valence-corrected chi connectivity index (χ1v) is 24.8. The largest absolute Gasteiger partial charge is 0.310 e. The summed E-state index contributed by atoms with van der Waals surface area (Å²) in [5, 5.41) is 5.00. The summed E-state index contributed by atoms with van der Waals surface area (Å²) >= 11 is 0. The molecule has 1 nitrogen and oxygen atoms in total. The number of rotatable bonds is 6. The zero-order valence-corrected chi connectivity index (χ0v) is 38.9. The molecule has 0 fully saturated rings. The van der Waals surface area contributed by atoms with E-state index in [0.717, 1.165) is 17.1 Å². The normalized spacial score (nSPS) is 15.2. The van der Waals surface area contributed by atoms with Gasteiger partial charge in [-0.1, -0.05) is 237 Å². The zero-order chi connectivity index (χ0) is 46.7. The van der Waals surface area contributed by atoms with Crippen molar-refractivity contribution in [1.82, 2.24) is 0 Å². The number of anilines is 3. The third-order valence-electron chi connectivity index (χ3n) is 16.1. The van der Waals surface area contributed by atoms with Crippen LogP contribution in [-0.4, -0.2) is 0 Å². The summed E-state index contributed by atoms with van der Waals surface area (Å²) in [4.78, 5) is 2.51. The van der Waals surface area contributed by atoms with Crippen LogP contribution in [0.25, 0.3) is 66.1 Å². The number of hydrogen-bond donors (Lipinski definition) is 0. The van der Waals surface area contributed by atoms with Gasteiger partial charge in [0.2, 0.25) is 0 Å². The van der Waals surface area contributed by atoms with Crippen molar-refractivity contribution in [3.05, 3.63) is 317 Å². The van der Waals surface area contributed by atoms with Crippen LogP contribution in [0.3, 0.4) is 0 Å². The van der Waals surface area contributed by atoms with Crippen molar-refractivity contribution in [2.45, 2.75) is 10.8 Å². The maximum atomic E-state index is 2.54. The molecule has 15 rings (SSSR count). The van der Waals surface area contributed by atoms with E-state index in [4.69, 9.17) is 0 Å². The van der Waals surface area contributed by atoms with E-state index in [1.807, 2.05) is 0 Å². The fourth-order valence-corrected chi connectivity index (χ4v) is 13.3. The average Bonchev–Trinajstić information content (AvgIpc) is 3.90. The monoisotopic (exact) mass is 899 g/mol. The highest BCUT2D eigenvalue weighted by Gasteiger charge is 2.52. The van der Waals surface area contributed by atoms with Crippen LogP contribution in [0.1, 0.15) is 44.5 Å². The molecule has 3 aliphatic carbocycles. The van der Waals surface area contributed by atoms with Crippen LogP contribution in [0.2, 0.25) is 0 Å². The molecule has 0 saturated carbocycles. The number of hydrogen-bond acceptors (Lipinski definition) is 1. The van der Waals surface area contributed by atoms with Crippen LogP contribution in [0.5, 0.6) is 0 Å². The minimum Gasteiger partial charge on any atom is -0.310 e. The van der Waals surface area contributed by atoms with E-state index in [-0.39, 0.29) is 0 Å². The van der Waals surface area contributed by atoms with Crippen molar-refractivity contribution in [2.75, 3.05) is 4.90 Å². The standard InChI is InChI=1S/C70H45N/c1-4-20-47(21-5-1)55-40-36-48-23-18-31-60-57-29-13-17-34-64(57)70(68(55)67(48)60)63-33-16-12-28-56(63)59-41-38-54(45-66(59)70)71(52-37-35-46-19-10-11-22-49(46)43-52)53-39-42-65-61(44-53)58-30-14-15-32-62(58)69(65,50-24-6-2-7-25-50)51-26-8-3-9-27-51/h1-45H. The summed E-state index contributed by atoms with van der Waals surface area (Å²) < 4.78 is 0. The van der Waals surface area contributed by atoms with Crippen LogP contribution in [0.15, 0.2) is 273 Å². The zero-order valence-electron chi connectivity index (χ0n) is 38.9. The summed E-state index contributed by atoms with van der Waals surface area (Å²) in [6, 6.07) is 103. The molecule has 0 amide bonds. The van der Waals surface area contributed by atoms with E-state index in [1.165, 1.54) is 111 Å². The Labute approximate surface area is 414 Å². The maximum Gasteiger partial charge on any atom is 0.0732 e. The molecule has 0 aliphatic heterocycles. The molecule has 0 radical (unpaired) electrons. The SMILES string of the molecule is c1ccc(-c2ccc3cccc4c3c2C2(c3ccccc3-c3ccc(N(c5ccc6c(c5)-c5ccccc5C6(c5ccccc5)c5ccccc5)c5ccc6ccccc6c5)cc32)c2ccccc2-4)cc1. The predicted molar refractivity (Wildman–Crippen MR) is 295 cm³/mol. The van der Waals surface area contributed by atoms with Crippen molar-refractivity contribution >= 4 is 38.6 Å². The molecule has 71 heavy (non-hydrogen) atoms. The Hall–Kier alpha value is -9.04. The van der Waals surface area contributed by atoms with E-state index in [0.29, 0.717) is 0 Å². The summed E-state index contributed by atoms with van der Waals surface area (Å²) in [5.41, 5.74) is 22.7. The van der Waals surface area contributed by atoms with E-state index < -0.39 is 10.8 Å². The number of fused-ring (bicyclic) bond motifs is 13. The van der Waals surface area contributed by atoms with Gasteiger partial charge in [-0.15, -0.1) is 0 Å². The molecule has 1 unspecified atom stereocenters. The number of nitrogens with zero attached hydrogens (tertiary/aromatic N) is 1. The predicted octanol–water partition coefficient (Wildman–Crippen LogP) is 17.8. The Kier molecular flexibility index (Phi) is 8.56. The first-order chi connectivity index (χ1) is 35.2. The summed E-state index contributed by atoms with van der Waals surface area (Å²) in [5.74, 6) is 0. The second-order valence-electron chi connectivity index (χ2n) is 19.5. The van der Waals surface area contributed by atoms with E-state index >= 15 is 0 Å².